The van der Waals surface area contributed by atoms with Crippen molar-refractivity contribution in [1.82, 2.24) is 0 Å². The van der Waals surface area contributed by atoms with Gasteiger partial charge in [0, 0.05) is 11.8 Å². The lowest BCUT2D eigenvalue weighted by Crippen LogP contribution is -2.67. The zero-order valence-electron chi connectivity index (χ0n) is 23.3. The maximum Gasteiger partial charge on any atom is 0.141 e. The van der Waals surface area contributed by atoms with Gasteiger partial charge in [0.15, 0.2) is 0 Å². The normalized spacial score (nSPS) is 53.1. The fourth-order valence-electron chi connectivity index (χ4n) is 11.6. The summed E-state index contributed by atoms with van der Waals surface area (Å²) in [5.41, 5.74) is 1.51. The third-order valence-corrected chi connectivity index (χ3v) is 13.8. The number of methoxy groups -OCH3 is 1. The van der Waals surface area contributed by atoms with Gasteiger partial charge in [0.05, 0.1) is 24.9 Å². The van der Waals surface area contributed by atoms with Crippen molar-refractivity contribution in [3.05, 3.63) is 24.5 Å². The zero-order chi connectivity index (χ0) is 25.6. The second-order valence-corrected chi connectivity index (χ2v) is 14.5. The number of hydrogen-bond donors (Lipinski definition) is 1. The third-order valence-electron chi connectivity index (χ3n) is 13.8. The lowest BCUT2D eigenvalue weighted by atomic mass is 9.32. The standard InChI is InChI=1S/C32H50O3/c1-20(2)22-11-16-32(21(3)35-8)18-17-30(6)23(27(22)32)9-10-25-28(4)14-13-26(34)29(5,19-33)24(28)12-15-31(25,30)7/h22-25,27,33H,1,3,9-19H2,2,4-8H3/t22-,23?,24+,25?,27?,28-,29-,30+,31+,32+/m0/s1. The number of hydrogen-bond acceptors (Lipinski definition) is 3. The van der Waals surface area contributed by atoms with Gasteiger partial charge in [-0.3, -0.25) is 4.79 Å². The molecule has 3 nitrogen and oxygen atoms in total. The summed E-state index contributed by atoms with van der Waals surface area (Å²) in [6, 6.07) is 0. The largest absolute Gasteiger partial charge is 0.501 e. The van der Waals surface area contributed by atoms with Crippen LogP contribution in [0.4, 0.5) is 0 Å². The van der Waals surface area contributed by atoms with Gasteiger partial charge >= 0.3 is 0 Å². The molecule has 0 aliphatic heterocycles. The maximum atomic E-state index is 13.0. The van der Waals surface area contributed by atoms with E-state index in [1.165, 1.54) is 50.5 Å². The van der Waals surface area contributed by atoms with Gasteiger partial charge in [-0.15, -0.1) is 0 Å². The molecular weight excluding hydrogens is 432 g/mol. The number of carbonyl (C=O) groups excluding carboxylic acids is 1. The van der Waals surface area contributed by atoms with Gasteiger partial charge in [0.1, 0.15) is 5.78 Å². The highest BCUT2D eigenvalue weighted by molar-refractivity contribution is 5.86. The molecule has 0 aromatic rings. The average molecular weight is 483 g/mol. The van der Waals surface area contributed by atoms with E-state index in [1.807, 2.05) is 7.11 Å². The molecule has 196 valence electrons. The van der Waals surface area contributed by atoms with Crippen LogP contribution >= 0.6 is 0 Å². The summed E-state index contributed by atoms with van der Waals surface area (Å²) >= 11 is 0. The Morgan fingerprint density at radius 3 is 2.29 bits per heavy atom. The summed E-state index contributed by atoms with van der Waals surface area (Å²) in [5, 5.41) is 10.4. The van der Waals surface area contributed by atoms with E-state index in [-0.39, 0.29) is 28.3 Å². The van der Waals surface area contributed by atoms with Crippen LogP contribution in [0.5, 0.6) is 0 Å². The molecule has 0 aromatic carbocycles. The molecule has 0 heterocycles. The predicted molar refractivity (Wildman–Crippen MR) is 142 cm³/mol. The number of Topliss-reactive ketones (excluding diaryl/α,β-unsaturated/α-hetero) is 1. The summed E-state index contributed by atoms with van der Waals surface area (Å²) < 4.78 is 5.92. The summed E-state index contributed by atoms with van der Waals surface area (Å²) in [4.78, 5) is 13.0. The Morgan fingerprint density at radius 1 is 0.943 bits per heavy atom. The zero-order valence-corrected chi connectivity index (χ0v) is 23.3. The van der Waals surface area contributed by atoms with E-state index in [0.29, 0.717) is 41.8 Å². The number of ether oxygens (including phenoxy) is 1. The van der Waals surface area contributed by atoms with Crippen molar-refractivity contribution in [3.8, 4) is 0 Å². The molecule has 5 aliphatic carbocycles. The number of carbonyl (C=O) groups is 1. The van der Waals surface area contributed by atoms with Crippen LogP contribution in [-0.4, -0.2) is 24.6 Å². The van der Waals surface area contributed by atoms with Gasteiger partial charge in [-0.2, -0.15) is 0 Å². The van der Waals surface area contributed by atoms with Crippen LogP contribution in [0.15, 0.2) is 24.5 Å². The fraction of sp³-hybridized carbons (Fsp3) is 0.844. The first kappa shape index (κ1) is 25.6. The van der Waals surface area contributed by atoms with Gasteiger partial charge in [0.25, 0.3) is 0 Å². The Hall–Kier alpha value is -1.09. The Morgan fingerprint density at radius 2 is 1.66 bits per heavy atom. The molecule has 0 bridgehead atoms. The van der Waals surface area contributed by atoms with E-state index in [1.54, 1.807) is 0 Å². The van der Waals surface area contributed by atoms with Gasteiger partial charge in [-0.25, -0.2) is 0 Å². The quantitative estimate of drug-likeness (QED) is 0.337. The van der Waals surface area contributed by atoms with Gasteiger partial charge < -0.3 is 9.84 Å². The molecule has 5 fully saturated rings. The highest BCUT2D eigenvalue weighted by atomic mass is 16.5. The van der Waals surface area contributed by atoms with Crippen molar-refractivity contribution in [2.24, 2.45) is 56.7 Å². The highest BCUT2D eigenvalue weighted by Crippen LogP contribution is 2.78. The van der Waals surface area contributed by atoms with Gasteiger partial charge in [-0.1, -0.05) is 46.4 Å². The molecule has 0 spiro atoms. The highest BCUT2D eigenvalue weighted by Gasteiger charge is 2.71. The molecule has 0 radical (unpaired) electrons. The van der Waals surface area contributed by atoms with E-state index in [2.05, 4.69) is 47.8 Å². The average Bonchev–Trinajstić information content (AvgIpc) is 3.23. The first-order chi connectivity index (χ1) is 16.4. The summed E-state index contributed by atoms with van der Waals surface area (Å²) in [6.45, 7) is 21.0. The maximum absolute atomic E-state index is 13.0. The molecule has 5 saturated carbocycles. The SMILES string of the molecule is C=C(C)[C@@H]1CC[C@]2(C(=C)OC)CC[C@]3(C)C(CCC4[C@@]5(C)CCC(=O)[C@@](C)(CO)[C@@H]5CC[C@]43C)C12. The van der Waals surface area contributed by atoms with Crippen LogP contribution in [0.2, 0.25) is 0 Å². The smallest absolute Gasteiger partial charge is 0.141 e. The molecule has 5 rings (SSSR count). The van der Waals surface area contributed by atoms with Crippen LogP contribution in [0.25, 0.3) is 0 Å². The Balaban J connectivity index is 1.57. The van der Waals surface area contributed by atoms with Crippen LogP contribution < -0.4 is 0 Å². The van der Waals surface area contributed by atoms with E-state index < -0.39 is 5.41 Å². The van der Waals surface area contributed by atoms with Crippen molar-refractivity contribution in [2.45, 2.75) is 98.8 Å². The van der Waals surface area contributed by atoms with Crippen molar-refractivity contribution >= 4 is 5.78 Å². The number of aliphatic hydroxyl groups is 1. The lowest BCUT2D eigenvalue weighted by molar-refractivity contribution is -0.236. The van der Waals surface area contributed by atoms with Gasteiger partial charge in [-0.05, 0) is 111 Å². The Kier molecular flexibility index (Phi) is 5.81. The minimum Gasteiger partial charge on any atom is -0.501 e. The monoisotopic (exact) mass is 482 g/mol. The van der Waals surface area contributed by atoms with E-state index >= 15 is 0 Å². The number of fused-ring (bicyclic) bond motifs is 7. The predicted octanol–water partition coefficient (Wildman–Crippen LogP) is 7.35. The summed E-state index contributed by atoms with van der Waals surface area (Å²) in [6.07, 6.45) is 11.2. The van der Waals surface area contributed by atoms with Crippen LogP contribution in [0, 0.1) is 56.7 Å². The lowest BCUT2D eigenvalue weighted by Gasteiger charge is -2.72. The Bertz CT molecular complexity index is 937. The number of rotatable bonds is 4. The van der Waals surface area contributed by atoms with Crippen molar-refractivity contribution in [3.63, 3.8) is 0 Å². The van der Waals surface area contributed by atoms with E-state index in [4.69, 9.17) is 4.74 Å². The minimum atomic E-state index is -0.569. The van der Waals surface area contributed by atoms with Gasteiger partial charge in [0.2, 0.25) is 0 Å². The van der Waals surface area contributed by atoms with Crippen molar-refractivity contribution < 1.29 is 14.6 Å². The van der Waals surface area contributed by atoms with Crippen LogP contribution in [0.3, 0.4) is 0 Å². The molecule has 5 aliphatic rings. The first-order valence-corrected chi connectivity index (χ1v) is 14.4. The summed E-state index contributed by atoms with van der Waals surface area (Å²) in [7, 11) is 1.82. The number of allylic oxidation sites excluding steroid dienone is 2. The van der Waals surface area contributed by atoms with Crippen LogP contribution in [0.1, 0.15) is 98.8 Å². The minimum absolute atomic E-state index is 0.000563. The topological polar surface area (TPSA) is 46.5 Å². The van der Waals surface area contributed by atoms with Crippen molar-refractivity contribution in [2.75, 3.05) is 13.7 Å². The fourth-order valence-corrected chi connectivity index (χ4v) is 11.6. The molecule has 1 N–H and O–H groups in total. The molecule has 3 heteroatoms. The third kappa shape index (κ3) is 2.97. The molecule has 0 saturated heterocycles. The second kappa shape index (κ2) is 7.95. The summed E-state index contributed by atoms with van der Waals surface area (Å²) in [5.74, 6) is 4.00. The number of aliphatic hydroxyl groups excluding tert-OH is 1. The van der Waals surface area contributed by atoms with Crippen molar-refractivity contribution in [1.29, 1.82) is 0 Å². The molecular formula is C32H50O3. The van der Waals surface area contributed by atoms with E-state index in [0.717, 1.165) is 18.6 Å². The number of ketones is 1. The van der Waals surface area contributed by atoms with E-state index in [9.17, 15) is 9.90 Å². The first-order valence-electron chi connectivity index (χ1n) is 14.4. The second-order valence-electron chi connectivity index (χ2n) is 14.5. The molecule has 35 heavy (non-hydrogen) atoms. The molecule has 3 unspecified atom stereocenters. The molecule has 10 atom stereocenters. The Labute approximate surface area is 214 Å². The molecule has 0 aromatic heterocycles. The molecule has 0 amide bonds. The van der Waals surface area contributed by atoms with Crippen LogP contribution in [-0.2, 0) is 9.53 Å².